The number of nitrogens with one attached hydrogen (secondary N) is 1. The summed E-state index contributed by atoms with van der Waals surface area (Å²) in [7, 11) is 0. The molecule has 120 valence electrons. The van der Waals surface area contributed by atoms with E-state index in [1.807, 2.05) is 18.2 Å². The predicted molar refractivity (Wildman–Crippen MR) is 86.7 cm³/mol. The first-order chi connectivity index (χ1) is 10.7. The number of rotatable bonds is 5. The number of carbonyl (C=O) groups is 1. The zero-order valence-corrected chi connectivity index (χ0v) is 13.2. The Bertz CT molecular complexity index is 518. The maximum absolute atomic E-state index is 12.5. The largest absolute Gasteiger partial charge is 0.394 e. The van der Waals surface area contributed by atoms with Crippen molar-refractivity contribution in [2.24, 2.45) is 0 Å². The number of benzene rings is 1. The van der Waals surface area contributed by atoms with Crippen molar-refractivity contribution >= 4 is 5.91 Å². The molecule has 2 aliphatic rings. The number of hydrogen-bond acceptors (Lipinski definition) is 3. The third-order valence-electron chi connectivity index (χ3n) is 5.04. The SMILES string of the molecule is O=C(NC1(CO)CCCC1)c1cccc(CN2CCCC2)c1. The second-order valence-electron chi connectivity index (χ2n) is 6.78. The monoisotopic (exact) mass is 302 g/mol. The minimum Gasteiger partial charge on any atom is -0.394 e. The molecule has 1 aliphatic heterocycles. The van der Waals surface area contributed by atoms with E-state index in [2.05, 4.69) is 16.3 Å². The van der Waals surface area contributed by atoms with Crippen LogP contribution in [0.2, 0.25) is 0 Å². The van der Waals surface area contributed by atoms with Crippen LogP contribution in [0.15, 0.2) is 24.3 Å². The van der Waals surface area contributed by atoms with Gasteiger partial charge in [0.25, 0.3) is 5.91 Å². The Kier molecular flexibility index (Phi) is 4.79. The molecule has 1 heterocycles. The highest BCUT2D eigenvalue weighted by molar-refractivity contribution is 5.94. The van der Waals surface area contributed by atoms with Gasteiger partial charge in [0.1, 0.15) is 0 Å². The van der Waals surface area contributed by atoms with Crippen molar-refractivity contribution in [1.82, 2.24) is 10.2 Å². The van der Waals surface area contributed by atoms with Gasteiger partial charge in [-0.15, -0.1) is 0 Å². The van der Waals surface area contributed by atoms with Gasteiger partial charge in [0.15, 0.2) is 0 Å². The van der Waals surface area contributed by atoms with Crippen LogP contribution in [0.25, 0.3) is 0 Å². The van der Waals surface area contributed by atoms with Crippen LogP contribution < -0.4 is 5.32 Å². The summed E-state index contributed by atoms with van der Waals surface area (Å²) in [6.45, 7) is 3.27. The minimum absolute atomic E-state index is 0.0339. The summed E-state index contributed by atoms with van der Waals surface area (Å²) >= 11 is 0. The van der Waals surface area contributed by atoms with Gasteiger partial charge in [-0.1, -0.05) is 25.0 Å². The maximum Gasteiger partial charge on any atom is 0.251 e. The molecular formula is C18H26N2O2. The summed E-state index contributed by atoms with van der Waals surface area (Å²) in [6, 6.07) is 7.91. The van der Waals surface area contributed by atoms with E-state index in [4.69, 9.17) is 0 Å². The van der Waals surface area contributed by atoms with Gasteiger partial charge in [-0.3, -0.25) is 9.69 Å². The third kappa shape index (κ3) is 3.50. The molecule has 0 atom stereocenters. The highest BCUT2D eigenvalue weighted by Crippen LogP contribution is 2.29. The molecule has 0 aromatic heterocycles. The summed E-state index contributed by atoms with van der Waals surface area (Å²) in [6.07, 6.45) is 6.47. The molecule has 0 radical (unpaired) electrons. The Hall–Kier alpha value is -1.39. The molecular weight excluding hydrogens is 276 g/mol. The molecule has 0 spiro atoms. The number of amides is 1. The highest BCUT2D eigenvalue weighted by atomic mass is 16.3. The Morgan fingerprint density at radius 2 is 1.91 bits per heavy atom. The molecule has 1 aromatic carbocycles. The lowest BCUT2D eigenvalue weighted by Gasteiger charge is -2.28. The Labute approximate surface area is 132 Å². The van der Waals surface area contributed by atoms with Crippen LogP contribution in [0.1, 0.15) is 54.4 Å². The summed E-state index contributed by atoms with van der Waals surface area (Å²) in [4.78, 5) is 15.0. The van der Waals surface area contributed by atoms with E-state index in [-0.39, 0.29) is 12.5 Å². The third-order valence-corrected chi connectivity index (χ3v) is 5.04. The van der Waals surface area contributed by atoms with Crippen LogP contribution in [0.4, 0.5) is 0 Å². The lowest BCUT2D eigenvalue weighted by Crippen LogP contribution is -2.49. The van der Waals surface area contributed by atoms with Crippen LogP contribution in [-0.2, 0) is 6.54 Å². The maximum atomic E-state index is 12.5. The topological polar surface area (TPSA) is 52.6 Å². The van der Waals surface area contributed by atoms with Gasteiger partial charge < -0.3 is 10.4 Å². The van der Waals surface area contributed by atoms with E-state index in [0.717, 1.165) is 45.3 Å². The summed E-state index contributed by atoms with van der Waals surface area (Å²) in [5.41, 5.74) is 1.50. The second-order valence-corrected chi connectivity index (χ2v) is 6.78. The van der Waals surface area contributed by atoms with Crippen LogP contribution in [0, 0.1) is 0 Å². The van der Waals surface area contributed by atoms with Crippen LogP contribution in [0.5, 0.6) is 0 Å². The van der Waals surface area contributed by atoms with E-state index in [1.54, 1.807) is 0 Å². The van der Waals surface area contributed by atoms with Gasteiger partial charge in [0, 0.05) is 12.1 Å². The van der Waals surface area contributed by atoms with E-state index < -0.39 is 5.54 Å². The molecule has 2 N–H and O–H groups in total. The number of hydrogen-bond donors (Lipinski definition) is 2. The fourth-order valence-corrected chi connectivity index (χ4v) is 3.70. The zero-order chi connectivity index (χ0) is 15.4. The Morgan fingerprint density at radius 3 is 2.59 bits per heavy atom. The number of aliphatic hydroxyl groups excluding tert-OH is 1. The highest BCUT2D eigenvalue weighted by Gasteiger charge is 2.34. The smallest absolute Gasteiger partial charge is 0.251 e. The lowest BCUT2D eigenvalue weighted by atomic mass is 9.98. The molecule has 0 bridgehead atoms. The van der Waals surface area contributed by atoms with Crippen molar-refractivity contribution in [1.29, 1.82) is 0 Å². The number of nitrogens with zero attached hydrogens (tertiary/aromatic N) is 1. The average Bonchev–Trinajstić information content (AvgIpc) is 3.20. The van der Waals surface area contributed by atoms with Gasteiger partial charge in [0.2, 0.25) is 0 Å². The van der Waals surface area contributed by atoms with Crippen molar-refractivity contribution in [3.05, 3.63) is 35.4 Å². The molecule has 4 heteroatoms. The van der Waals surface area contributed by atoms with Crippen molar-refractivity contribution in [2.75, 3.05) is 19.7 Å². The van der Waals surface area contributed by atoms with Crippen molar-refractivity contribution in [3.63, 3.8) is 0 Å². The molecule has 0 unspecified atom stereocenters. The summed E-state index contributed by atoms with van der Waals surface area (Å²) < 4.78 is 0. The standard InChI is InChI=1S/C18H26N2O2/c21-14-18(8-1-2-9-18)19-17(22)16-7-5-6-15(12-16)13-20-10-3-4-11-20/h5-7,12,21H,1-4,8-11,13-14H2,(H,19,22). The molecule has 1 saturated heterocycles. The van der Waals surface area contributed by atoms with E-state index in [9.17, 15) is 9.90 Å². The quantitative estimate of drug-likeness (QED) is 0.877. The molecule has 1 aromatic rings. The van der Waals surface area contributed by atoms with Crippen molar-refractivity contribution in [3.8, 4) is 0 Å². The minimum atomic E-state index is -0.401. The van der Waals surface area contributed by atoms with Gasteiger partial charge in [-0.2, -0.15) is 0 Å². The van der Waals surface area contributed by atoms with Gasteiger partial charge in [-0.25, -0.2) is 0 Å². The summed E-state index contributed by atoms with van der Waals surface area (Å²) in [5, 5.41) is 12.7. The summed E-state index contributed by atoms with van der Waals surface area (Å²) in [5.74, 6) is -0.0563. The van der Waals surface area contributed by atoms with E-state index in [0.29, 0.717) is 5.56 Å². The van der Waals surface area contributed by atoms with Crippen LogP contribution in [0.3, 0.4) is 0 Å². The van der Waals surface area contributed by atoms with Gasteiger partial charge in [0.05, 0.1) is 12.1 Å². The van der Waals surface area contributed by atoms with Gasteiger partial charge in [-0.05, 0) is 56.5 Å². The zero-order valence-electron chi connectivity index (χ0n) is 13.2. The molecule has 1 saturated carbocycles. The fourth-order valence-electron chi connectivity index (χ4n) is 3.70. The molecule has 22 heavy (non-hydrogen) atoms. The first-order valence-electron chi connectivity index (χ1n) is 8.45. The number of carbonyl (C=O) groups excluding carboxylic acids is 1. The number of aliphatic hydroxyl groups is 1. The Balaban J connectivity index is 1.66. The van der Waals surface area contributed by atoms with Crippen molar-refractivity contribution < 1.29 is 9.90 Å². The normalized spacial score (nSPS) is 21.1. The molecule has 1 amide bonds. The van der Waals surface area contributed by atoms with Crippen molar-refractivity contribution in [2.45, 2.75) is 50.6 Å². The first-order valence-corrected chi connectivity index (χ1v) is 8.45. The average molecular weight is 302 g/mol. The molecule has 2 fully saturated rings. The molecule has 1 aliphatic carbocycles. The molecule has 3 rings (SSSR count). The van der Waals surface area contributed by atoms with Gasteiger partial charge >= 0.3 is 0 Å². The lowest BCUT2D eigenvalue weighted by molar-refractivity contribution is 0.0838. The fraction of sp³-hybridized carbons (Fsp3) is 0.611. The Morgan fingerprint density at radius 1 is 1.18 bits per heavy atom. The van der Waals surface area contributed by atoms with Crippen LogP contribution >= 0.6 is 0 Å². The predicted octanol–water partition coefficient (Wildman–Crippen LogP) is 2.32. The first kappa shape index (κ1) is 15.5. The second kappa shape index (κ2) is 6.80. The van der Waals surface area contributed by atoms with E-state index in [1.165, 1.54) is 18.4 Å². The number of likely N-dealkylation sites (tertiary alicyclic amines) is 1. The molecule has 4 nitrogen and oxygen atoms in total. The van der Waals surface area contributed by atoms with Crippen LogP contribution in [-0.4, -0.2) is 41.1 Å². The van der Waals surface area contributed by atoms with E-state index >= 15 is 0 Å².